The monoisotopic (exact) mass is 471 g/mol. The van der Waals surface area contributed by atoms with Crippen molar-refractivity contribution in [3.8, 4) is 11.6 Å². The highest BCUT2D eigenvalue weighted by atomic mass is 19.1. The molecule has 3 aromatic heterocycles. The number of carbonyl (C=O) groups excluding carboxylic acids is 1. The number of aromatic nitrogens is 5. The molecule has 2 saturated heterocycles. The van der Waals surface area contributed by atoms with Gasteiger partial charge in [0, 0.05) is 39.3 Å². The van der Waals surface area contributed by atoms with Crippen LogP contribution in [0.5, 0.6) is 0 Å². The number of nitrogen functional groups attached to an aromatic ring is 1. The Morgan fingerprint density at radius 1 is 1.18 bits per heavy atom. The van der Waals surface area contributed by atoms with E-state index in [0.717, 1.165) is 12.2 Å². The second kappa shape index (κ2) is 8.49. The van der Waals surface area contributed by atoms with Crippen molar-refractivity contribution in [1.82, 2.24) is 34.4 Å². The maximum atomic E-state index is 14.0. The van der Waals surface area contributed by atoms with E-state index in [-0.39, 0.29) is 17.9 Å². The van der Waals surface area contributed by atoms with Gasteiger partial charge < -0.3 is 20.0 Å². The van der Waals surface area contributed by atoms with E-state index in [9.17, 15) is 9.18 Å². The molecule has 0 spiro atoms. The third kappa shape index (κ3) is 4.41. The number of furan rings is 1. The lowest BCUT2D eigenvalue weighted by molar-refractivity contribution is -0.134. The number of carbonyl (C=O) groups is 1. The minimum atomic E-state index is -1.25. The maximum absolute atomic E-state index is 14.0. The number of anilines is 2. The molecule has 1 amide bonds. The Hall–Kier alpha value is -3.28. The van der Waals surface area contributed by atoms with Crippen LogP contribution in [0.4, 0.5) is 16.3 Å². The van der Waals surface area contributed by atoms with E-state index in [1.807, 2.05) is 22.8 Å². The highest BCUT2D eigenvalue weighted by Gasteiger charge is 2.37. The minimum absolute atomic E-state index is 0.0481. The average Bonchev–Trinajstić information content (AvgIpc) is 3.51. The normalized spacial score (nSPS) is 19.9. The summed E-state index contributed by atoms with van der Waals surface area (Å²) in [6.45, 7) is 8.52. The Bertz CT molecular complexity index is 1190. The zero-order chi connectivity index (χ0) is 24.0. The highest BCUT2D eigenvalue weighted by Crippen LogP contribution is 2.27. The number of nitrogens with zero attached hydrogens (tertiary/aromatic N) is 8. The van der Waals surface area contributed by atoms with Crippen LogP contribution in [-0.2, 0) is 4.79 Å². The molecule has 5 rings (SSSR count). The Labute approximate surface area is 196 Å². The number of hydrogen-bond acceptors (Lipinski definition) is 9. The first-order valence-corrected chi connectivity index (χ1v) is 11.6. The molecule has 5 heterocycles. The van der Waals surface area contributed by atoms with Gasteiger partial charge in [-0.3, -0.25) is 9.69 Å². The predicted octanol–water partition coefficient (Wildman–Crippen LogP) is 1.53. The number of fused-ring (bicyclic) bond motifs is 1. The van der Waals surface area contributed by atoms with Crippen molar-refractivity contribution in [2.75, 3.05) is 49.9 Å². The summed E-state index contributed by atoms with van der Waals surface area (Å²) in [6, 6.07) is 3.26. The third-order valence-corrected chi connectivity index (χ3v) is 6.26. The first-order valence-electron chi connectivity index (χ1n) is 11.6. The fourth-order valence-corrected chi connectivity index (χ4v) is 4.71. The highest BCUT2D eigenvalue weighted by molar-refractivity contribution is 5.85. The Balaban J connectivity index is 1.33. The van der Waals surface area contributed by atoms with Crippen LogP contribution in [-0.4, -0.2) is 91.3 Å². The lowest BCUT2D eigenvalue weighted by atomic mass is 10.1. The van der Waals surface area contributed by atoms with Crippen LogP contribution >= 0.6 is 0 Å². The van der Waals surface area contributed by atoms with Crippen molar-refractivity contribution < 1.29 is 13.6 Å². The Kier molecular flexibility index (Phi) is 5.62. The van der Waals surface area contributed by atoms with Gasteiger partial charge in [-0.15, -0.1) is 5.10 Å². The summed E-state index contributed by atoms with van der Waals surface area (Å²) >= 11 is 0. The van der Waals surface area contributed by atoms with Gasteiger partial charge in [-0.2, -0.15) is 19.5 Å². The lowest BCUT2D eigenvalue weighted by Crippen LogP contribution is -2.55. The second-order valence-electron chi connectivity index (χ2n) is 9.61. The lowest BCUT2D eigenvalue weighted by Gasteiger charge is -2.38. The molecule has 0 saturated carbocycles. The number of aryl methyl sites for hydroxylation is 1. The van der Waals surface area contributed by atoms with Gasteiger partial charge in [-0.25, -0.2) is 4.39 Å². The second-order valence-corrected chi connectivity index (χ2v) is 9.61. The zero-order valence-electron chi connectivity index (χ0n) is 19.7. The molecule has 3 aromatic rings. The summed E-state index contributed by atoms with van der Waals surface area (Å²) in [7, 11) is 0. The molecule has 2 fully saturated rings. The van der Waals surface area contributed by atoms with Crippen molar-refractivity contribution in [2.45, 2.75) is 45.3 Å². The molecule has 1 unspecified atom stereocenters. The molecule has 0 aliphatic carbocycles. The van der Waals surface area contributed by atoms with E-state index in [4.69, 9.17) is 10.2 Å². The van der Waals surface area contributed by atoms with Gasteiger partial charge in [-0.05, 0) is 45.7 Å². The summed E-state index contributed by atoms with van der Waals surface area (Å²) in [4.78, 5) is 32.7. The van der Waals surface area contributed by atoms with Gasteiger partial charge in [0.05, 0.1) is 0 Å². The SMILES string of the molecule is Cc1ccc(-c2nc3nc(N4CCCC4C(=O)N4CCN(CC(C)(C)F)CC4)nc(N)n3n2)o1. The smallest absolute Gasteiger partial charge is 0.259 e. The van der Waals surface area contributed by atoms with Crippen LogP contribution in [0.1, 0.15) is 32.4 Å². The topological polar surface area (TPSA) is 122 Å². The van der Waals surface area contributed by atoms with Crippen molar-refractivity contribution in [3.63, 3.8) is 0 Å². The number of amides is 1. The van der Waals surface area contributed by atoms with E-state index < -0.39 is 5.67 Å². The fraction of sp³-hybridized carbons (Fsp3) is 0.591. The molecule has 2 N–H and O–H groups in total. The van der Waals surface area contributed by atoms with E-state index in [0.29, 0.717) is 69.0 Å². The largest absolute Gasteiger partial charge is 0.458 e. The molecule has 11 nitrogen and oxygen atoms in total. The quantitative estimate of drug-likeness (QED) is 0.590. The van der Waals surface area contributed by atoms with E-state index in [2.05, 4.69) is 25.0 Å². The zero-order valence-corrected chi connectivity index (χ0v) is 19.7. The Morgan fingerprint density at radius 3 is 2.62 bits per heavy atom. The van der Waals surface area contributed by atoms with Gasteiger partial charge in [-0.1, -0.05) is 0 Å². The van der Waals surface area contributed by atoms with Crippen molar-refractivity contribution in [1.29, 1.82) is 0 Å². The van der Waals surface area contributed by atoms with Gasteiger partial charge in [0.25, 0.3) is 5.78 Å². The van der Waals surface area contributed by atoms with Crippen molar-refractivity contribution in [3.05, 3.63) is 17.9 Å². The molecule has 12 heteroatoms. The minimum Gasteiger partial charge on any atom is -0.458 e. The van der Waals surface area contributed by atoms with Crippen LogP contribution < -0.4 is 10.6 Å². The molecule has 1 atom stereocenters. The van der Waals surface area contributed by atoms with Crippen molar-refractivity contribution >= 4 is 23.6 Å². The molecule has 0 radical (unpaired) electrons. The molecule has 2 aliphatic rings. The molecule has 0 aromatic carbocycles. The van der Waals surface area contributed by atoms with Gasteiger partial charge in [0.1, 0.15) is 17.5 Å². The van der Waals surface area contributed by atoms with Crippen LogP contribution in [0, 0.1) is 6.92 Å². The van der Waals surface area contributed by atoms with E-state index in [1.54, 1.807) is 19.9 Å². The number of hydrogen-bond donors (Lipinski definition) is 1. The number of rotatable bonds is 5. The summed E-state index contributed by atoms with van der Waals surface area (Å²) in [5, 5.41) is 4.36. The number of halogens is 1. The summed E-state index contributed by atoms with van der Waals surface area (Å²) < 4.78 is 21.0. The Morgan fingerprint density at radius 2 is 1.94 bits per heavy atom. The van der Waals surface area contributed by atoms with Gasteiger partial charge >= 0.3 is 0 Å². The standard InChI is InChI=1S/C22H30FN9O2/c1-14-6-7-16(34-14)17-25-21-27-20(26-19(24)32(21)28-17)31-8-4-5-15(31)18(33)30-11-9-29(10-12-30)13-22(2,3)23/h6-7,15H,4-5,8-13H2,1-3H3,(H2,24,25,26,27,28). The summed E-state index contributed by atoms with van der Waals surface area (Å²) in [5.41, 5.74) is 4.92. The van der Waals surface area contributed by atoms with Gasteiger partial charge in [0.2, 0.25) is 23.6 Å². The third-order valence-electron chi connectivity index (χ3n) is 6.26. The first kappa shape index (κ1) is 22.5. The number of piperazine rings is 1. The first-order chi connectivity index (χ1) is 16.2. The van der Waals surface area contributed by atoms with Crippen LogP contribution in [0.15, 0.2) is 16.5 Å². The molecular formula is C22H30FN9O2. The van der Waals surface area contributed by atoms with Crippen LogP contribution in [0.3, 0.4) is 0 Å². The maximum Gasteiger partial charge on any atom is 0.259 e. The van der Waals surface area contributed by atoms with Crippen LogP contribution in [0.2, 0.25) is 0 Å². The summed E-state index contributed by atoms with van der Waals surface area (Å²) in [5.74, 6) is 2.50. The molecule has 34 heavy (non-hydrogen) atoms. The molecule has 182 valence electrons. The van der Waals surface area contributed by atoms with E-state index in [1.165, 1.54) is 4.52 Å². The fourth-order valence-electron chi connectivity index (χ4n) is 4.71. The van der Waals surface area contributed by atoms with Gasteiger partial charge in [0.15, 0.2) is 5.76 Å². The van der Waals surface area contributed by atoms with Crippen LogP contribution in [0.25, 0.3) is 17.4 Å². The van der Waals surface area contributed by atoms with E-state index >= 15 is 0 Å². The van der Waals surface area contributed by atoms with Crippen molar-refractivity contribution in [2.24, 2.45) is 0 Å². The molecule has 0 bridgehead atoms. The molecular weight excluding hydrogens is 441 g/mol. The summed E-state index contributed by atoms with van der Waals surface area (Å²) in [6.07, 6.45) is 1.57. The molecule has 2 aliphatic heterocycles. The number of nitrogens with two attached hydrogens (primary N) is 1. The average molecular weight is 472 g/mol. The predicted molar refractivity (Wildman–Crippen MR) is 124 cm³/mol. The number of alkyl halides is 1.